The van der Waals surface area contributed by atoms with E-state index < -0.39 is 0 Å². The van der Waals surface area contributed by atoms with Gasteiger partial charge in [0.1, 0.15) is 11.5 Å². The molecule has 0 unspecified atom stereocenters. The van der Waals surface area contributed by atoms with Crippen molar-refractivity contribution in [1.29, 1.82) is 0 Å². The van der Waals surface area contributed by atoms with E-state index in [1.807, 2.05) is 59.3 Å². The van der Waals surface area contributed by atoms with Gasteiger partial charge in [-0.25, -0.2) is 4.98 Å². The van der Waals surface area contributed by atoms with Crippen LogP contribution in [0, 0.1) is 0 Å². The Labute approximate surface area is 168 Å². The molecule has 0 saturated carbocycles. The molecule has 0 spiro atoms. The fraction of sp³-hybridized carbons (Fsp3) is 0.238. The number of hydrogen-bond donors (Lipinski definition) is 1. The molecule has 3 rings (SSSR count). The fourth-order valence-corrected chi connectivity index (χ4v) is 3.46. The topological polar surface area (TPSA) is 65.4 Å². The first-order chi connectivity index (χ1) is 13.7. The van der Waals surface area contributed by atoms with Crippen molar-refractivity contribution in [3.8, 4) is 17.2 Å². The van der Waals surface area contributed by atoms with Crippen LogP contribution in [-0.2, 0) is 11.2 Å². The highest BCUT2D eigenvalue weighted by Crippen LogP contribution is 2.22. The second-order valence-corrected chi connectivity index (χ2v) is 6.96. The number of nitrogens with zero attached hydrogens (tertiary/aromatic N) is 2. The first-order valence-corrected chi connectivity index (χ1v) is 9.88. The van der Waals surface area contributed by atoms with Gasteiger partial charge in [-0.2, -0.15) is 0 Å². The van der Waals surface area contributed by atoms with E-state index in [4.69, 9.17) is 9.47 Å². The van der Waals surface area contributed by atoms with Crippen molar-refractivity contribution in [2.24, 2.45) is 0 Å². The lowest BCUT2D eigenvalue weighted by atomic mass is 10.1. The average molecular weight is 398 g/mol. The molecule has 1 N–H and O–H groups in total. The SMILES string of the molecule is COc1ccc(CCNC(=O)CSc2nccn2-c2ccc(OC)cc2)cc1. The van der Waals surface area contributed by atoms with Gasteiger partial charge < -0.3 is 14.8 Å². The van der Waals surface area contributed by atoms with Crippen LogP contribution in [0.3, 0.4) is 0 Å². The lowest BCUT2D eigenvalue weighted by Gasteiger charge is -2.09. The minimum absolute atomic E-state index is 0.0113. The Morgan fingerprint density at radius 2 is 1.68 bits per heavy atom. The van der Waals surface area contributed by atoms with E-state index in [9.17, 15) is 4.79 Å². The summed E-state index contributed by atoms with van der Waals surface area (Å²) in [5.74, 6) is 1.93. The Kier molecular flexibility index (Phi) is 6.97. The van der Waals surface area contributed by atoms with Gasteiger partial charge in [-0.1, -0.05) is 23.9 Å². The van der Waals surface area contributed by atoms with Crippen molar-refractivity contribution in [3.63, 3.8) is 0 Å². The highest BCUT2D eigenvalue weighted by Gasteiger charge is 2.09. The van der Waals surface area contributed by atoms with Crippen molar-refractivity contribution < 1.29 is 14.3 Å². The summed E-state index contributed by atoms with van der Waals surface area (Å²) >= 11 is 1.41. The Morgan fingerprint density at radius 3 is 2.32 bits per heavy atom. The molecule has 2 aromatic carbocycles. The first kappa shape index (κ1) is 19.8. The van der Waals surface area contributed by atoms with E-state index in [1.54, 1.807) is 20.4 Å². The largest absolute Gasteiger partial charge is 0.497 e. The number of benzene rings is 2. The van der Waals surface area contributed by atoms with E-state index in [2.05, 4.69) is 10.3 Å². The third-order valence-electron chi connectivity index (χ3n) is 4.18. The number of imidazole rings is 1. The van der Waals surface area contributed by atoms with E-state index in [0.717, 1.165) is 34.3 Å². The number of carbonyl (C=O) groups is 1. The smallest absolute Gasteiger partial charge is 0.230 e. The van der Waals surface area contributed by atoms with Gasteiger partial charge in [-0.3, -0.25) is 9.36 Å². The molecule has 146 valence electrons. The molecule has 1 amide bonds. The normalized spacial score (nSPS) is 10.5. The molecule has 0 fully saturated rings. The molecule has 28 heavy (non-hydrogen) atoms. The Bertz CT molecular complexity index is 892. The second-order valence-electron chi connectivity index (χ2n) is 6.01. The molecule has 0 aliphatic rings. The summed E-state index contributed by atoms with van der Waals surface area (Å²) in [5.41, 5.74) is 2.13. The van der Waals surface area contributed by atoms with Crippen LogP contribution in [0.2, 0.25) is 0 Å². The fourth-order valence-electron chi connectivity index (χ4n) is 2.66. The van der Waals surface area contributed by atoms with Crippen molar-refractivity contribution in [3.05, 3.63) is 66.5 Å². The number of ether oxygens (including phenoxy) is 2. The van der Waals surface area contributed by atoms with Crippen LogP contribution < -0.4 is 14.8 Å². The van der Waals surface area contributed by atoms with Crippen LogP contribution in [0.5, 0.6) is 11.5 Å². The maximum absolute atomic E-state index is 12.2. The van der Waals surface area contributed by atoms with Crippen LogP contribution in [0.25, 0.3) is 5.69 Å². The van der Waals surface area contributed by atoms with Crippen molar-refractivity contribution in [1.82, 2.24) is 14.9 Å². The summed E-state index contributed by atoms with van der Waals surface area (Å²) in [6.45, 7) is 0.596. The third-order valence-corrected chi connectivity index (χ3v) is 5.15. The molecule has 3 aromatic rings. The maximum atomic E-state index is 12.2. The quantitative estimate of drug-likeness (QED) is 0.561. The van der Waals surface area contributed by atoms with Crippen LogP contribution in [0.1, 0.15) is 5.56 Å². The first-order valence-electron chi connectivity index (χ1n) is 8.90. The Balaban J connectivity index is 1.47. The Hall–Kier alpha value is -2.93. The van der Waals surface area contributed by atoms with Gasteiger partial charge in [0.2, 0.25) is 5.91 Å². The molecule has 1 heterocycles. The summed E-state index contributed by atoms with van der Waals surface area (Å²) in [6.07, 6.45) is 4.39. The number of carbonyl (C=O) groups excluding carboxylic acids is 1. The molecule has 0 atom stereocenters. The average Bonchev–Trinajstić information content (AvgIpc) is 3.21. The van der Waals surface area contributed by atoms with Gasteiger partial charge in [-0.05, 0) is 48.4 Å². The summed E-state index contributed by atoms with van der Waals surface area (Å²) in [6, 6.07) is 15.6. The molecule has 0 aliphatic heterocycles. The number of rotatable bonds is 9. The van der Waals surface area contributed by atoms with Crippen LogP contribution in [0.4, 0.5) is 0 Å². The van der Waals surface area contributed by atoms with Crippen LogP contribution in [0.15, 0.2) is 66.1 Å². The molecule has 6 nitrogen and oxygen atoms in total. The lowest BCUT2D eigenvalue weighted by Crippen LogP contribution is -2.27. The molecule has 0 saturated heterocycles. The van der Waals surface area contributed by atoms with Gasteiger partial charge in [0.05, 0.1) is 20.0 Å². The molecule has 0 radical (unpaired) electrons. The number of nitrogens with one attached hydrogen (secondary N) is 1. The molecule has 1 aromatic heterocycles. The molecule has 7 heteroatoms. The van der Waals surface area contributed by atoms with Gasteiger partial charge in [0.25, 0.3) is 0 Å². The molecule has 0 aliphatic carbocycles. The summed E-state index contributed by atoms with van der Waals surface area (Å²) in [5, 5.41) is 3.73. The van der Waals surface area contributed by atoms with Crippen molar-refractivity contribution in [2.45, 2.75) is 11.6 Å². The summed E-state index contributed by atoms with van der Waals surface area (Å²) < 4.78 is 12.3. The van der Waals surface area contributed by atoms with Gasteiger partial charge in [0, 0.05) is 24.6 Å². The predicted molar refractivity (Wildman–Crippen MR) is 111 cm³/mol. The highest BCUT2D eigenvalue weighted by molar-refractivity contribution is 7.99. The summed E-state index contributed by atoms with van der Waals surface area (Å²) in [4.78, 5) is 16.5. The minimum Gasteiger partial charge on any atom is -0.497 e. The number of thioether (sulfide) groups is 1. The number of aromatic nitrogens is 2. The van der Waals surface area contributed by atoms with Crippen LogP contribution >= 0.6 is 11.8 Å². The summed E-state index contributed by atoms with van der Waals surface area (Å²) in [7, 11) is 3.29. The minimum atomic E-state index is -0.0113. The standard InChI is InChI=1S/C21H23N3O3S/c1-26-18-7-3-16(4-8-18)11-12-22-20(25)15-28-21-23-13-14-24(21)17-5-9-19(27-2)10-6-17/h3-10,13-14H,11-12,15H2,1-2H3,(H,22,25). The van der Waals surface area contributed by atoms with E-state index in [-0.39, 0.29) is 5.91 Å². The zero-order valence-electron chi connectivity index (χ0n) is 15.9. The van der Waals surface area contributed by atoms with Gasteiger partial charge >= 0.3 is 0 Å². The van der Waals surface area contributed by atoms with Crippen molar-refractivity contribution in [2.75, 3.05) is 26.5 Å². The monoisotopic (exact) mass is 397 g/mol. The molecular weight excluding hydrogens is 374 g/mol. The van der Waals surface area contributed by atoms with Gasteiger partial charge in [0.15, 0.2) is 5.16 Å². The second kappa shape index (κ2) is 9.85. The van der Waals surface area contributed by atoms with Gasteiger partial charge in [-0.15, -0.1) is 0 Å². The zero-order valence-corrected chi connectivity index (χ0v) is 16.7. The number of hydrogen-bond acceptors (Lipinski definition) is 5. The lowest BCUT2D eigenvalue weighted by molar-refractivity contribution is -0.118. The molecule has 0 bridgehead atoms. The van der Waals surface area contributed by atoms with E-state index in [1.165, 1.54) is 11.8 Å². The van der Waals surface area contributed by atoms with E-state index >= 15 is 0 Å². The number of amides is 1. The molecular formula is C21H23N3O3S. The predicted octanol–water partition coefficient (Wildman–Crippen LogP) is 3.34. The Morgan fingerprint density at radius 1 is 1.04 bits per heavy atom. The maximum Gasteiger partial charge on any atom is 0.230 e. The zero-order chi connectivity index (χ0) is 19.8. The third kappa shape index (κ3) is 5.29. The van der Waals surface area contributed by atoms with Crippen molar-refractivity contribution >= 4 is 17.7 Å². The number of methoxy groups -OCH3 is 2. The van der Waals surface area contributed by atoms with E-state index in [0.29, 0.717) is 12.3 Å². The highest BCUT2D eigenvalue weighted by atomic mass is 32.2. The van der Waals surface area contributed by atoms with Crippen LogP contribution in [-0.4, -0.2) is 42.0 Å².